The fourth-order valence-electron chi connectivity index (χ4n) is 2.79. The van der Waals surface area contributed by atoms with Crippen LogP contribution in [0, 0.1) is 0 Å². The molecule has 0 aliphatic rings. The zero-order valence-corrected chi connectivity index (χ0v) is 11.7. The summed E-state index contributed by atoms with van der Waals surface area (Å²) in [7, 11) is 0. The van der Waals surface area contributed by atoms with Crippen molar-refractivity contribution in [2.45, 2.75) is 25.7 Å². The summed E-state index contributed by atoms with van der Waals surface area (Å²) in [5.74, 6) is 0.390. The Morgan fingerprint density at radius 1 is 1.00 bits per heavy atom. The number of hydrogen-bond donors (Lipinski definition) is 0. The number of para-hydroxylation sites is 1. The molecule has 2 heteroatoms. The van der Waals surface area contributed by atoms with Crippen molar-refractivity contribution >= 4 is 10.9 Å². The third-order valence-electron chi connectivity index (χ3n) is 3.72. The van der Waals surface area contributed by atoms with Gasteiger partial charge in [-0.15, -0.1) is 0 Å². The van der Waals surface area contributed by atoms with Gasteiger partial charge in [0.1, 0.15) is 0 Å². The van der Waals surface area contributed by atoms with Crippen LogP contribution in [0.3, 0.4) is 0 Å². The summed E-state index contributed by atoms with van der Waals surface area (Å²) in [4.78, 5) is 8.74. The predicted molar refractivity (Wildman–Crippen MR) is 82.7 cm³/mol. The van der Waals surface area contributed by atoms with Gasteiger partial charge in [0, 0.05) is 29.9 Å². The molecule has 0 saturated heterocycles. The molecule has 2 nitrogen and oxygen atoms in total. The van der Waals surface area contributed by atoms with Crippen LogP contribution in [0.25, 0.3) is 10.9 Å². The molecule has 1 unspecified atom stereocenters. The lowest BCUT2D eigenvalue weighted by atomic mass is 9.87. The van der Waals surface area contributed by atoms with Gasteiger partial charge in [0.2, 0.25) is 0 Å². The van der Waals surface area contributed by atoms with E-state index in [0.717, 1.165) is 18.4 Å². The van der Waals surface area contributed by atoms with Crippen LogP contribution >= 0.6 is 0 Å². The van der Waals surface area contributed by atoms with E-state index in [-0.39, 0.29) is 0 Å². The Balaban J connectivity index is 2.15. The predicted octanol–water partition coefficient (Wildman–Crippen LogP) is 4.56. The fourth-order valence-corrected chi connectivity index (χ4v) is 2.79. The fraction of sp³-hybridized carbons (Fsp3) is 0.222. The third-order valence-corrected chi connectivity index (χ3v) is 3.72. The number of hydrogen-bond acceptors (Lipinski definition) is 2. The van der Waals surface area contributed by atoms with E-state index in [1.165, 1.54) is 16.5 Å². The summed E-state index contributed by atoms with van der Waals surface area (Å²) >= 11 is 0. The van der Waals surface area contributed by atoms with E-state index in [1.54, 1.807) is 0 Å². The molecule has 0 bridgehead atoms. The highest BCUT2D eigenvalue weighted by molar-refractivity contribution is 5.82. The molecule has 0 aliphatic heterocycles. The first kappa shape index (κ1) is 12.8. The molecule has 2 heterocycles. The quantitative estimate of drug-likeness (QED) is 0.688. The Hall–Kier alpha value is -2.22. The van der Waals surface area contributed by atoms with Crippen molar-refractivity contribution in [3.63, 3.8) is 0 Å². The van der Waals surface area contributed by atoms with Crippen LogP contribution in [-0.4, -0.2) is 9.97 Å². The van der Waals surface area contributed by atoms with Crippen LogP contribution in [0.5, 0.6) is 0 Å². The average Bonchev–Trinajstić information content (AvgIpc) is 2.53. The van der Waals surface area contributed by atoms with Crippen molar-refractivity contribution in [1.82, 2.24) is 9.97 Å². The van der Waals surface area contributed by atoms with Crippen LogP contribution in [-0.2, 0) is 0 Å². The van der Waals surface area contributed by atoms with Crippen LogP contribution in [0.2, 0.25) is 0 Å². The number of benzene rings is 1. The van der Waals surface area contributed by atoms with E-state index in [0.29, 0.717) is 5.92 Å². The molecule has 20 heavy (non-hydrogen) atoms. The number of fused-ring (bicyclic) bond motifs is 1. The molecule has 3 rings (SSSR count). The summed E-state index contributed by atoms with van der Waals surface area (Å²) in [6, 6.07) is 14.7. The zero-order chi connectivity index (χ0) is 13.8. The molecule has 2 aromatic heterocycles. The Morgan fingerprint density at radius 2 is 1.90 bits per heavy atom. The highest BCUT2D eigenvalue weighted by Crippen LogP contribution is 2.32. The average molecular weight is 262 g/mol. The van der Waals surface area contributed by atoms with Crippen LogP contribution < -0.4 is 0 Å². The van der Waals surface area contributed by atoms with E-state index in [9.17, 15) is 0 Å². The molecule has 100 valence electrons. The number of aromatic nitrogens is 2. The molecule has 0 saturated carbocycles. The molecule has 1 atom stereocenters. The monoisotopic (exact) mass is 262 g/mol. The van der Waals surface area contributed by atoms with Crippen LogP contribution in [0.1, 0.15) is 36.8 Å². The van der Waals surface area contributed by atoms with Crippen molar-refractivity contribution in [1.29, 1.82) is 0 Å². The Kier molecular flexibility index (Phi) is 3.73. The second-order valence-electron chi connectivity index (χ2n) is 5.04. The number of pyridine rings is 2. The second kappa shape index (κ2) is 5.83. The summed E-state index contributed by atoms with van der Waals surface area (Å²) in [5.41, 5.74) is 3.70. The van der Waals surface area contributed by atoms with E-state index < -0.39 is 0 Å². The van der Waals surface area contributed by atoms with Crippen LogP contribution in [0.15, 0.2) is 61.1 Å². The minimum atomic E-state index is 0.390. The van der Waals surface area contributed by atoms with E-state index in [4.69, 9.17) is 0 Å². The number of rotatable bonds is 4. The van der Waals surface area contributed by atoms with E-state index in [2.05, 4.69) is 47.2 Å². The molecule has 0 radical (unpaired) electrons. The van der Waals surface area contributed by atoms with Gasteiger partial charge >= 0.3 is 0 Å². The lowest BCUT2D eigenvalue weighted by Gasteiger charge is -2.18. The van der Waals surface area contributed by atoms with Gasteiger partial charge in [-0.2, -0.15) is 0 Å². The smallest absolute Gasteiger partial charge is 0.0704 e. The minimum Gasteiger partial charge on any atom is -0.264 e. The van der Waals surface area contributed by atoms with Crippen molar-refractivity contribution in [3.05, 3.63) is 72.2 Å². The standard InChI is InChI=1S/C18H18N2/c1-2-6-15(14-7-5-11-19-13-14)16-10-12-20-18-9-4-3-8-17(16)18/h3-5,7-13,15H,2,6H2,1H3. The first-order chi connectivity index (χ1) is 9.90. The van der Waals surface area contributed by atoms with Gasteiger partial charge in [0.25, 0.3) is 0 Å². The number of nitrogens with zero attached hydrogens (tertiary/aromatic N) is 2. The SMILES string of the molecule is CCCC(c1cccnc1)c1ccnc2ccccc12. The first-order valence-corrected chi connectivity index (χ1v) is 7.13. The third kappa shape index (κ3) is 2.42. The van der Waals surface area contributed by atoms with Gasteiger partial charge in [-0.1, -0.05) is 37.6 Å². The first-order valence-electron chi connectivity index (χ1n) is 7.13. The summed E-state index contributed by atoms with van der Waals surface area (Å²) in [5, 5.41) is 1.25. The minimum absolute atomic E-state index is 0.390. The van der Waals surface area contributed by atoms with Gasteiger partial charge in [0.15, 0.2) is 0 Å². The highest BCUT2D eigenvalue weighted by Gasteiger charge is 2.16. The highest BCUT2D eigenvalue weighted by atomic mass is 14.6. The maximum Gasteiger partial charge on any atom is 0.0704 e. The lowest BCUT2D eigenvalue weighted by Crippen LogP contribution is -2.02. The van der Waals surface area contributed by atoms with Gasteiger partial charge in [-0.25, -0.2) is 0 Å². The second-order valence-corrected chi connectivity index (χ2v) is 5.04. The maximum atomic E-state index is 4.46. The van der Waals surface area contributed by atoms with Crippen molar-refractivity contribution in [2.24, 2.45) is 0 Å². The Morgan fingerprint density at radius 3 is 2.70 bits per heavy atom. The zero-order valence-electron chi connectivity index (χ0n) is 11.7. The van der Waals surface area contributed by atoms with Gasteiger partial charge in [0.05, 0.1) is 5.52 Å². The molecule has 0 fully saturated rings. The largest absolute Gasteiger partial charge is 0.264 e. The Labute approximate surface area is 119 Å². The molecule has 0 amide bonds. The van der Waals surface area contributed by atoms with Gasteiger partial charge in [-0.05, 0) is 35.7 Å². The molecule has 0 N–H and O–H groups in total. The van der Waals surface area contributed by atoms with Crippen molar-refractivity contribution in [3.8, 4) is 0 Å². The van der Waals surface area contributed by atoms with Gasteiger partial charge in [-0.3, -0.25) is 9.97 Å². The van der Waals surface area contributed by atoms with E-state index in [1.807, 2.05) is 30.7 Å². The van der Waals surface area contributed by atoms with Crippen LogP contribution in [0.4, 0.5) is 0 Å². The normalized spacial score (nSPS) is 12.4. The lowest BCUT2D eigenvalue weighted by molar-refractivity contribution is 0.699. The molecule has 3 aromatic rings. The maximum absolute atomic E-state index is 4.46. The summed E-state index contributed by atoms with van der Waals surface area (Å²) < 4.78 is 0. The Bertz CT molecular complexity index is 687. The molecule has 1 aromatic carbocycles. The molecular weight excluding hydrogens is 244 g/mol. The van der Waals surface area contributed by atoms with Crippen molar-refractivity contribution < 1.29 is 0 Å². The topological polar surface area (TPSA) is 25.8 Å². The summed E-state index contributed by atoms with van der Waals surface area (Å²) in [6.45, 7) is 2.23. The van der Waals surface area contributed by atoms with E-state index >= 15 is 0 Å². The van der Waals surface area contributed by atoms with Gasteiger partial charge < -0.3 is 0 Å². The molecule has 0 aliphatic carbocycles. The molecular formula is C18H18N2. The summed E-state index contributed by atoms with van der Waals surface area (Å²) in [6.07, 6.45) is 8.00. The van der Waals surface area contributed by atoms with Crippen molar-refractivity contribution in [2.75, 3.05) is 0 Å². The molecule has 0 spiro atoms.